The molecule has 0 saturated carbocycles. The minimum atomic E-state index is -0.349. The lowest BCUT2D eigenvalue weighted by atomic mass is 10.2. The maximum Gasteiger partial charge on any atom is 0.150 e. The predicted octanol–water partition coefficient (Wildman–Crippen LogP) is 1.49. The lowest BCUT2D eigenvalue weighted by Crippen LogP contribution is -1.88. The first kappa shape index (κ1) is 8.10. The Balaban J connectivity index is 2.37. The van der Waals surface area contributed by atoms with E-state index in [4.69, 9.17) is 0 Å². The highest BCUT2D eigenvalue weighted by atomic mass is 19.1. The number of hydrogen-bond acceptors (Lipinski definition) is 3. The summed E-state index contributed by atoms with van der Waals surface area (Å²) in [5.41, 5.74) is 1.80. The second-order valence-electron chi connectivity index (χ2n) is 3.08. The number of aromatic amines is 2. The molecule has 0 fully saturated rings. The second-order valence-corrected chi connectivity index (χ2v) is 3.08. The van der Waals surface area contributed by atoms with Crippen LogP contribution in [0.3, 0.4) is 0 Å². The molecule has 0 unspecified atom stereocenters. The van der Waals surface area contributed by atoms with E-state index in [1.54, 1.807) is 18.5 Å². The molecule has 0 bridgehead atoms. The highest BCUT2D eigenvalue weighted by Gasteiger charge is 2.11. The van der Waals surface area contributed by atoms with Crippen molar-refractivity contribution in [3.8, 4) is 11.4 Å². The molecule has 0 aliphatic rings. The van der Waals surface area contributed by atoms with Gasteiger partial charge >= 0.3 is 0 Å². The van der Waals surface area contributed by atoms with E-state index >= 15 is 0 Å². The third kappa shape index (κ3) is 1.11. The van der Waals surface area contributed by atoms with Crippen LogP contribution in [0.4, 0.5) is 4.39 Å². The molecule has 5 nitrogen and oxygen atoms in total. The van der Waals surface area contributed by atoms with Crippen LogP contribution in [0, 0.1) is 5.82 Å². The van der Waals surface area contributed by atoms with E-state index in [1.807, 2.05) is 0 Å². The molecule has 0 saturated heterocycles. The van der Waals surface area contributed by atoms with E-state index in [-0.39, 0.29) is 5.82 Å². The van der Waals surface area contributed by atoms with E-state index in [1.165, 1.54) is 6.20 Å². The quantitative estimate of drug-likeness (QED) is 0.629. The summed E-state index contributed by atoms with van der Waals surface area (Å²) in [6.45, 7) is 0. The van der Waals surface area contributed by atoms with Crippen molar-refractivity contribution in [2.75, 3.05) is 0 Å². The fraction of sp³-hybridized carbons (Fsp3) is 0. The van der Waals surface area contributed by atoms with E-state index in [0.717, 1.165) is 0 Å². The summed E-state index contributed by atoms with van der Waals surface area (Å²) in [4.78, 5) is 6.93. The minimum absolute atomic E-state index is 0.349. The van der Waals surface area contributed by atoms with Gasteiger partial charge in [0.25, 0.3) is 0 Å². The summed E-state index contributed by atoms with van der Waals surface area (Å²) in [5.74, 6) is -0.349. The SMILES string of the molecule is Fc1cnc(-c2c[nH]nn2)c2[nH]ccc12. The average molecular weight is 203 g/mol. The van der Waals surface area contributed by atoms with Crippen LogP contribution in [-0.4, -0.2) is 25.4 Å². The van der Waals surface area contributed by atoms with Crippen LogP contribution in [0.5, 0.6) is 0 Å². The second kappa shape index (κ2) is 2.88. The molecule has 0 aliphatic carbocycles. The van der Waals surface area contributed by atoms with Gasteiger partial charge in [-0.25, -0.2) is 9.37 Å². The molecule has 0 aromatic carbocycles. The Hall–Kier alpha value is -2.24. The average Bonchev–Trinajstić information content (AvgIpc) is 2.88. The highest BCUT2D eigenvalue weighted by Crippen LogP contribution is 2.24. The van der Waals surface area contributed by atoms with Gasteiger partial charge in [-0.2, -0.15) is 0 Å². The Kier molecular flexibility index (Phi) is 1.55. The number of aromatic nitrogens is 5. The highest BCUT2D eigenvalue weighted by molar-refractivity contribution is 5.90. The van der Waals surface area contributed by atoms with Crippen LogP contribution in [0.15, 0.2) is 24.7 Å². The molecule has 0 aliphatic heterocycles. The maximum absolute atomic E-state index is 13.3. The van der Waals surface area contributed by atoms with Crippen molar-refractivity contribution in [2.24, 2.45) is 0 Å². The zero-order valence-electron chi connectivity index (χ0n) is 7.53. The Morgan fingerprint density at radius 3 is 3.07 bits per heavy atom. The van der Waals surface area contributed by atoms with E-state index in [2.05, 4.69) is 25.4 Å². The van der Waals surface area contributed by atoms with Gasteiger partial charge in [0.2, 0.25) is 0 Å². The van der Waals surface area contributed by atoms with Crippen molar-refractivity contribution in [1.29, 1.82) is 0 Å². The third-order valence-electron chi connectivity index (χ3n) is 2.21. The smallest absolute Gasteiger partial charge is 0.150 e. The van der Waals surface area contributed by atoms with Gasteiger partial charge in [0.1, 0.15) is 11.4 Å². The Bertz CT molecular complexity index is 598. The number of fused-ring (bicyclic) bond motifs is 1. The molecular formula is C9H6FN5. The normalized spacial score (nSPS) is 11.0. The Morgan fingerprint density at radius 2 is 2.27 bits per heavy atom. The number of rotatable bonds is 1. The summed E-state index contributed by atoms with van der Waals surface area (Å²) >= 11 is 0. The van der Waals surface area contributed by atoms with Crippen LogP contribution in [0.1, 0.15) is 0 Å². The first-order valence-electron chi connectivity index (χ1n) is 4.34. The van der Waals surface area contributed by atoms with E-state index in [9.17, 15) is 4.39 Å². The molecule has 6 heteroatoms. The lowest BCUT2D eigenvalue weighted by Gasteiger charge is -1.98. The van der Waals surface area contributed by atoms with Crippen molar-refractivity contribution in [3.63, 3.8) is 0 Å². The van der Waals surface area contributed by atoms with E-state index < -0.39 is 0 Å². The van der Waals surface area contributed by atoms with Gasteiger partial charge in [0.15, 0.2) is 5.82 Å². The van der Waals surface area contributed by atoms with E-state index in [0.29, 0.717) is 22.3 Å². The number of hydrogen-bond donors (Lipinski definition) is 2. The van der Waals surface area contributed by atoms with Crippen LogP contribution in [0.2, 0.25) is 0 Å². The van der Waals surface area contributed by atoms with Gasteiger partial charge in [-0.05, 0) is 6.07 Å². The number of H-pyrrole nitrogens is 2. The van der Waals surface area contributed by atoms with Crippen molar-refractivity contribution in [1.82, 2.24) is 25.4 Å². The zero-order valence-corrected chi connectivity index (χ0v) is 7.53. The van der Waals surface area contributed by atoms with Gasteiger partial charge in [-0.1, -0.05) is 5.21 Å². The molecule has 0 radical (unpaired) electrons. The summed E-state index contributed by atoms with van der Waals surface area (Å²) < 4.78 is 13.3. The molecule has 3 rings (SSSR count). The van der Waals surface area contributed by atoms with Gasteiger partial charge in [0.05, 0.1) is 17.9 Å². The number of nitrogens with one attached hydrogen (secondary N) is 2. The molecule has 0 spiro atoms. The maximum atomic E-state index is 13.3. The fourth-order valence-electron chi connectivity index (χ4n) is 1.53. The molecule has 3 aromatic rings. The standard InChI is InChI=1S/C9H6FN5/c10-6-3-12-9(7-4-13-15-14-7)8-5(6)1-2-11-8/h1-4,11H,(H,13,14,15). The molecule has 2 N–H and O–H groups in total. The molecule has 0 amide bonds. The zero-order chi connectivity index (χ0) is 10.3. The summed E-state index contributed by atoms with van der Waals surface area (Å²) in [5, 5.41) is 10.5. The predicted molar refractivity (Wildman–Crippen MR) is 51.4 cm³/mol. The largest absolute Gasteiger partial charge is 0.359 e. The minimum Gasteiger partial charge on any atom is -0.359 e. The van der Waals surface area contributed by atoms with Gasteiger partial charge in [-0.15, -0.1) is 5.10 Å². The van der Waals surface area contributed by atoms with Crippen LogP contribution in [-0.2, 0) is 0 Å². The van der Waals surface area contributed by atoms with Gasteiger partial charge in [0, 0.05) is 11.6 Å². The van der Waals surface area contributed by atoms with Gasteiger partial charge < -0.3 is 4.98 Å². The molecule has 0 atom stereocenters. The van der Waals surface area contributed by atoms with Crippen molar-refractivity contribution >= 4 is 10.9 Å². The first-order valence-corrected chi connectivity index (χ1v) is 4.34. The van der Waals surface area contributed by atoms with Crippen LogP contribution < -0.4 is 0 Å². The number of nitrogens with zero attached hydrogens (tertiary/aromatic N) is 3. The Labute approximate surface area is 83.3 Å². The summed E-state index contributed by atoms with van der Waals surface area (Å²) in [7, 11) is 0. The third-order valence-corrected chi connectivity index (χ3v) is 2.21. The lowest BCUT2D eigenvalue weighted by molar-refractivity contribution is 0.634. The van der Waals surface area contributed by atoms with Gasteiger partial charge in [-0.3, -0.25) is 5.10 Å². The number of halogens is 1. The number of pyridine rings is 1. The molecule has 3 heterocycles. The molecule has 74 valence electrons. The molecule has 3 aromatic heterocycles. The fourth-order valence-corrected chi connectivity index (χ4v) is 1.53. The van der Waals surface area contributed by atoms with Crippen molar-refractivity contribution < 1.29 is 4.39 Å². The molecular weight excluding hydrogens is 197 g/mol. The topological polar surface area (TPSA) is 70.2 Å². The van der Waals surface area contributed by atoms with Crippen LogP contribution >= 0.6 is 0 Å². The van der Waals surface area contributed by atoms with Crippen LogP contribution in [0.25, 0.3) is 22.3 Å². The molecule has 15 heavy (non-hydrogen) atoms. The first-order chi connectivity index (χ1) is 7.36. The van der Waals surface area contributed by atoms with Crippen molar-refractivity contribution in [3.05, 3.63) is 30.5 Å². The van der Waals surface area contributed by atoms with Crippen molar-refractivity contribution in [2.45, 2.75) is 0 Å². The summed E-state index contributed by atoms with van der Waals surface area (Å²) in [6.07, 6.45) is 4.46. The summed E-state index contributed by atoms with van der Waals surface area (Å²) in [6, 6.07) is 1.66. The Morgan fingerprint density at radius 1 is 1.33 bits per heavy atom. The monoisotopic (exact) mass is 203 g/mol.